The first-order valence-electron chi connectivity index (χ1n) is 7.04. The lowest BCUT2D eigenvalue weighted by Gasteiger charge is -2.25. The molecule has 1 aromatic rings. The van der Waals surface area contributed by atoms with Crippen LogP contribution >= 0.6 is 35.3 Å². The van der Waals surface area contributed by atoms with Crippen molar-refractivity contribution in [2.24, 2.45) is 4.99 Å². The summed E-state index contributed by atoms with van der Waals surface area (Å²) in [6.45, 7) is 5.10. The summed E-state index contributed by atoms with van der Waals surface area (Å²) >= 11 is 1.74. The number of nitrogens with one attached hydrogen (secondary N) is 2. The van der Waals surface area contributed by atoms with Crippen molar-refractivity contribution in [1.29, 1.82) is 0 Å². The highest BCUT2D eigenvalue weighted by Gasteiger charge is 2.29. The van der Waals surface area contributed by atoms with Crippen molar-refractivity contribution in [2.75, 3.05) is 25.1 Å². The number of aliphatic imine (C=N–C) groups is 1. The molecule has 0 saturated carbocycles. The summed E-state index contributed by atoms with van der Waals surface area (Å²) in [7, 11) is -1.17. The minimum atomic E-state index is -2.87. The largest absolute Gasteiger partial charge is 0.356 e. The van der Waals surface area contributed by atoms with Crippen LogP contribution in [0.2, 0.25) is 0 Å². The number of nitrogens with zero attached hydrogens (tertiary/aromatic N) is 1. The zero-order valence-corrected chi connectivity index (χ0v) is 17.1. The Labute approximate surface area is 153 Å². The maximum absolute atomic E-state index is 11.5. The van der Waals surface area contributed by atoms with E-state index in [1.54, 1.807) is 18.4 Å². The van der Waals surface area contributed by atoms with Crippen LogP contribution in [0.1, 0.15) is 25.1 Å². The SMILES string of the molecule is CN=C(NCC(C)(C)c1cccs1)NC1CCS(=O)(=O)C1.I. The summed E-state index contributed by atoms with van der Waals surface area (Å²) in [4.78, 5) is 5.50. The zero-order chi connectivity index (χ0) is 15.5. The van der Waals surface area contributed by atoms with Crippen molar-refractivity contribution < 1.29 is 8.42 Å². The number of guanidine groups is 1. The maximum Gasteiger partial charge on any atom is 0.191 e. The first-order chi connectivity index (χ1) is 9.82. The van der Waals surface area contributed by atoms with Gasteiger partial charge < -0.3 is 10.6 Å². The Hall–Kier alpha value is -0.350. The van der Waals surface area contributed by atoms with Gasteiger partial charge >= 0.3 is 0 Å². The van der Waals surface area contributed by atoms with Gasteiger partial charge in [0, 0.05) is 29.9 Å². The fourth-order valence-corrected chi connectivity index (χ4v) is 4.88. The molecule has 1 aliphatic rings. The van der Waals surface area contributed by atoms with E-state index in [1.807, 2.05) is 0 Å². The van der Waals surface area contributed by atoms with Gasteiger partial charge in [-0.3, -0.25) is 4.99 Å². The number of hydrogen-bond donors (Lipinski definition) is 2. The molecule has 1 atom stereocenters. The summed E-state index contributed by atoms with van der Waals surface area (Å²) in [6, 6.07) is 4.15. The third-order valence-electron chi connectivity index (χ3n) is 3.68. The van der Waals surface area contributed by atoms with Gasteiger partial charge in [-0.1, -0.05) is 19.9 Å². The second-order valence-electron chi connectivity index (χ2n) is 6.03. The lowest BCUT2D eigenvalue weighted by atomic mass is 9.91. The molecule has 0 aliphatic carbocycles. The highest BCUT2D eigenvalue weighted by Crippen LogP contribution is 2.26. The highest BCUT2D eigenvalue weighted by molar-refractivity contribution is 14.0. The molecule has 2 heterocycles. The van der Waals surface area contributed by atoms with Crippen LogP contribution in [-0.4, -0.2) is 45.5 Å². The molecule has 5 nitrogen and oxygen atoms in total. The van der Waals surface area contributed by atoms with Crippen LogP contribution < -0.4 is 10.6 Å². The quantitative estimate of drug-likeness (QED) is 0.412. The van der Waals surface area contributed by atoms with Gasteiger partial charge in [-0.15, -0.1) is 35.3 Å². The van der Waals surface area contributed by atoms with E-state index in [0.29, 0.717) is 12.4 Å². The Morgan fingerprint density at radius 1 is 1.50 bits per heavy atom. The molecule has 0 spiro atoms. The Bertz CT molecular complexity index is 598. The molecule has 0 radical (unpaired) electrons. The van der Waals surface area contributed by atoms with Gasteiger partial charge in [0.25, 0.3) is 0 Å². The van der Waals surface area contributed by atoms with E-state index in [9.17, 15) is 8.42 Å². The molecule has 1 aliphatic heterocycles. The summed E-state index contributed by atoms with van der Waals surface area (Å²) in [5.74, 6) is 1.13. The third-order valence-corrected chi connectivity index (χ3v) is 6.69. The first kappa shape index (κ1) is 19.7. The van der Waals surface area contributed by atoms with Gasteiger partial charge in [-0.2, -0.15) is 0 Å². The number of halogens is 1. The molecule has 0 bridgehead atoms. The molecule has 2 N–H and O–H groups in total. The average molecular weight is 457 g/mol. The van der Waals surface area contributed by atoms with Crippen molar-refractivity contribution in [3.05, 3.63) is 22.4 Å². The monoisotopic (exact) mass is 457 g/mol. The fourth-order valence-electron chi connectivity index (χ4n) is 2.35. The molecule has 0 aromatic carbocycles. The van der Waals surface area contributed by atoms with E-state index < -0.39 is 9.84 Å². The summed E-state index contributed by atoms with van der Waals surface area (Å²) < 4.78 is 23.0. The normalized spacial score (nSPS) is 21.2. The molecule has 126 valence electrons. The second kappa shape index (κ2) is 7.96. The third kappa shape index (κ3) is 5.38. The lowest BCUT2D eigenvalue weighted by Crippen LogP contribution is -2.47. The predicted molar refractivity (Wildman–Crippen MR) is 104 cm³/mol. The van der Waals surface area contributed by atoms with Gasteiger partial charge in [0.2, 0.25) is 0 Å². The molecule has 1 aromatic heterocycles. The molecule has 8 heteroatoms. The van der Waals surface area contributed by atoms with Gasteiger partial charge in [0.1, 0.15) is 0 Å². The average Bonchev–Trinajstić information content (AvgIpc) is 3.04. The molecular weight excluding hydrogens is 433 g/mol. The van der Waals surface area contributed by atoms with Crippen LogP contribution in [0.25, 0.3) is 0 Å². The smallest absolute Gasteiger partial charge is 0.191 e. The Morgan fingerprint density at radius 3 is 2.73 bits per heavy atom. The molecule has 2 rings (SSSR count). The number of thiophene rings is 1. The zero-order valence-electron chi connectivity index (χ0n) is 13.1. The van der Waals surface area contributed by atoms with E-state index in [1.165, 1.54) is 4.88 Å². The first-order valence-corrected chi connectivity index (χ1v) is 9.74. The molecule has 1 saturated heterocycles. The summed E-state index contributed by atoms with van der Waals surface area (Å²) in [5, 5.41) is 8.58. The van der Waals surface area contributed by atoms with Crippen molar-refractivity contribution in [3.8, 4) is 0 Å². The minimum Gasteiger partial charge on any atom is -0.356 e. The molecule has 1 unspecified atom stereocenters. The van der Waals surface area contributed by atoms with E-state index >= 15 is 0 Å². The van der Waals surface area contributed by atoms with Crippen LogP contribution in [-0.2, 0) is 15.3 Å². The summed E-state index contributed by atoms with van der Waals surface area (Å²) in [5.41, 5.74) is 0.00748. The number of hydrogen-bond acceptors (Lipinski definition) is 4. The van der Waals surface area contributed by atoms with Gasteiger partial charge in [-0.05, 0) is 17.9 Å². The van der Waals surface area contributed by atoms with Crippen LogP contribution in [0.3, 0.4) is 0 Å². The van der Waals surface area contributed by atoms with Crippen molar-refractivity contribution in [1.82, 2.24) is 10.6 Å². The minimum absolute atomic E-state index is 0. The second-order valence-corrected chi connectivity index (χ2v) is 9.21. The van der Waals surface area contributed by atoms with E-state index in [0.717, 1.165) is 6.54 Å². The fraction of sp³-hybridized carbons (Fsp3) is 0.643. The topological polar surface area (TPSA) is 70.6 Å². The van der Waals surface area contributed by atoms with E-state index in [-0.39, 0.29) is 46.9 Å². The van der Waals surface area contributed by atoms with Crippen molar-refractivity contribution in [3.63, 3.8) is 0 Å². The Morgan fingerprint density at radius 2 is 2.23 bits per heavy atom. The Balaban J connectivity index is 0.00000242. The standard InChI is InChI=1S/C14H23N3O2S2.HI/c1-14(2,12-5-4-7-20-12)10-16-13(15-3)17-11-6-8-21(18,19)9-11;/h4-5,7,11H,6,8-10H2,1-3H3,(H2,15,16,17);1H. The van der Waals surface area contributed by atoms with Gasteiger partial charge in [0.15, 0.2) is 15.8 Å². The van der Waals surface area contributed by atoms with Crippen LogP contribution in [0, 0.1) is 0 Å². The molecule has 0 amide bonds. The van der Waals surface area contributed by atoms with Crippen LogP contribution in [0.4, 0.5) is 0 Å². The van der Waals surface area contributed by atoms with Crippen molar-refractivity contribution in [2.45, 2.75) is 31.7 Å². The molecular formula is C14H24IN3O2S2. The predicted octanol–water partition coefficient (Wildman–Crippen LogP) is 2.00. The van der Waals surface area contributed by atoms with Gasteiger partial charge in [-0.25, -0.2) is 8.42 Å². The molecule has 1 fully saturated rings. The van der Waals surface area contributed by atoms with Gasteiger partial charge in [0.05, 0.1) is 11.5 Å². The van der Waals surface area contributed by atoms with E-state index in [2.05, 4.69) is 47.0 Å². The van der Waals surface area contributed by atoms with Crippen LogP contribution in [0.15, 0.2) is 22.5 Å². The van der Waals surface area contributed by atoms with E-state index in [4.69, 9.17) is 0 Å². The highest BCUT2D eigenvalue weighted by atomic mass is 127. The Kier molecular flexibility index (Phi) is 7.13. The van der Waals surface area contributed by atoms with Crippen LogP contribution in [0.5, 0.6) is 0 Å². The molecule has 22 heavy (non-hydrogen) atoms. The maximum atomic E-state index is 11.5. The van der Waals surface area contributed by atoms with Crippen molar-refractivity contribution >= 4 is 51.1 Å². The number of rotatable bonds is 4. The lowest BCUT2D eigenvalue weighted by molar-refractivity contribution is 0.514. The summed E-state index contributed by atoms with van der Waals surface area (Å²) in [6.07, 6.45) is 0.650. The number of sulfone groups is 1.